The van der Waals surface area contributed by atoms with E-state index >= 15 is 0 Å². The Kier molecular flexibility index (Phi) is 3.63. The second-order valence-corrected chi connectivity index (χ2v) is 5.71. The molecular weight excluding hydrogens is 265 g/mol. The van der Waals surface area contributed by atoms with Gasteiger partial charge in [0.1, 0.15) is 0 Å². The minimum Gasteiger partial charge on any atom is -0.371 e. The normalized spacial score (nSPS) is 27.2. The van der Waals surface area contributed by atoms with E-state index in [4.69, 9.17) is 0 Å². The van der Waals surface area contributed by atoms with Crippen molar-refractivity contribution in [2.45, 2.75) is 31.5 Å². The zero-order valence-electron chi connectivity index (χ0n) is 11.3. The Balaban J connectivity index is 1.83. The van der Waals surface area contributed by atoms with Crippen molar-refractivity contribution in [1.82, 2.24) is 5.32 Å². The van der Waals surface area contributed by atoms with E-state index in [0.29, 0.717) is 24.2 Å². The molecule has 1 aromatic rings. The Morgan fingerprint density at radius 2 is 1.95 bits per heavy atom. The molecule has 2 atom stereocenters. The van der Waals surface area contributed by atoms with Crippen LogP contribution in [0.1, 0.15) is 24.8 Å². The summed E-state index contributed by atoms with van der Waals surface area (Å²) in [6.07, 6.45) is -1.12. The average Bonchev–Trinajstić information content (AvgIpc) is 2.46. The summed E-state index contributed by atoms with van der Waals surface area (Å²) in [6.45, 7) is 2.46. The number of anilines is 1. The third-order valence-corrected chi connectivity index (χ3v) is 4.44. The predicted molar refractivity (Wildman–Crippen MR) is 72.8 cm³/mol. The number of halogens is 3. The summed E-state index contributed by atoms with van der Waals surface area (Å²) in [7, 11) is 0. The van der Waals surface area contributed by atoms with Crippen LogP contribution in [0.4, 0.5) is 18.9 Å². The van der Waals surface area contributed by atoms with Gasteiger partial charge >= 0.3 is 6.18 Å². The van der Waals surface area contributed by atoms with Crippen molar-refractivity contribution in [3.8, 4) is 0 Å². The van der Waals surface area contributed by atoms with Crippen LogP contribution in [0.5, 0.6) is 0 Å². The topological polar surface area (TPSA) is 15.3 Å². The number of nitrogens with one attached hydrogen (secondary N) is 1. The van der Waals surface area contributed by atoms with Crippen molar-refractivity contribution < 1.29 is 13.2 Å². The van der Waals surface area contributed by atoms with Crippen molar-refractivity contribution in [1.29, 1.82) is 0 Å². The number of hydrogen-bond acceptors (Lipinski definition) is 2. The van der Waals surface area contributed by atoms with Gasteiger partial charge in [-0.15, -0.1) is 0 Å². The number of fused-ring (bicyclic) bond motifs is 1. The SMILES string of the molecule is FC(F)(F)c1ccccc1N1CCC2NCCCC2C1. The van der Waals surface area contributed by atoms with Crippen molar-refractivity contribution in [3.05, 3.63) is 29.8 Å². The average molecular weight is 284 g/mol. The van der Waals surface area contributed by atoms with Crippen LogP contribution < -0.4 is 10.2 Å². The molecule has 0 aromatic heterocycles. The van der Waals surface area contributed by atoms with Gasteiger partial charge in [-0.3, -0.25) is 0 Å². The van der Waals surface area contributed by atoms with E-state index in [1.54, 1.807) is 12.1 Å². The summed E-state index contributed by atoms with van der Waals surface area (Å²) < 4.78 is 39.3. The van der Waals surface area contributed by atoms with Crippen molar-refractivity contribution in [2.24, 2.45) is 5.92 Å². The predicted octanol–water partition coefficient (Wildman–Crippen LogP) is 3.28. The van der Waals surface area contributed by atoms with Crippen LogP contribution in [-0.4, -0.2) is 25.7 Å². The number of benzene rings is 1. The van der Waals surface area contributed by atoms with Crippen LogP contribution in [0.15, 0.2) is 24.3 Å². The summed E-state index contributed by atoms with van der Waals surface area (Å²) >= 11 is 0. The van der Waals surface area contributed by atoms with Gasteiger partial charge in [0, 0.05) is 24.8 Å². The first-order valence-corrected chi connectivity index (χ1v) is 7.20. The molecule has 2 heterocycles. The molecule has 0 spiro atoms. The summed E-state index contributed by atoms with van der Waals surface area (Å²) in [5.74, 6) is 0.471. The van der Waals surface area contributed by atoms with Crippen LogP contribution in [0, 0.1) is 5.92 Å². The molecule has 1 aromatic carbocycles. The lowest BCUT2D eigenvalue weighted by Crippen LogP contribution is -2.52. The molecule has 2 saturated heterocycles. The maximum Gasteiger partial charge on any atom is 0.418 e. The number of hydrogen-bond donors (Lipinski definition) is 1. The van der Waals surface area contributed by atoms with E-state index in [2.05, 4.69) is 5.32 Å². The molecule has 2 aliphatic heterocycles. The van der Waals surface area contributed by atoms with Crippen LogP contribution >= 0.6 is 0 Å². The lowest BCUT2D eigenvalue weighted by atomic mass is 9.85. The van der Waals surface area contributed by atoms with E-state index in [9.17, 15) is 13.2 Å². The minimum atomic E-state index is -4.28. The monoisotopic (exact) mass is 284 g/mol. The van der Waals surface area contributed by atoms with E-state index < -0.39 is 11.7 Å². The highest BCUT2D eigenvalue weighted by atomic mass is 19.4. The number of nitrogens with zero attached hydrogens (tertiary/aromatic N) is 1. The highest BCUT2D eigenvalue weighted by Crippen LogP contribution is 2.38. The van der Waals surface area contributed by atoms with Crippen LogP contribution in [-0.2, 0) is 6.18 Å². The third-order valence-electron chi connectivity index (χ3n) is 4.44. The van der Waals surface area contributed by atoms with Gasteiger partial charge in [-0.2, -0.15) is 13.2 Å². The van der Waals surface area contributed by atoms with Gasteiger partial charge in [0.25, 0.3) is 0 Å². The fourth-order valence-electron chi connectivity index (χ4n) is 3.45. The molecule has 2 unspecified atom stereocenters. The molecule has 110 valence electrons. The maximum absolute atomic E-state index is 13.1. The van der Waals surface area contributed by atoms with Gasteiger partial charge < -0.3 is 10.2 Å². The standard InChI is InChI=1S/C15H19F3N2/c16-15(17,18)12-5-1-2-6-14(12)20-9-7-13-11(10-20)4-3-8-19-13/h1-2,5-6,11,13,19H,3-4,7-10H2. The van der Waals surface area contributed by atoms with Crippen molar-refractivity contribution in [2.75, 3.05) is 24.5 Å². The Hall–Kier alpha value is -1.23. The van der Waals surface area contributed by atoms with Crippen molar-refractivity contribution in [3.63, 3.8) is 0 Å². The summed E-state index contributed by atoms with van der Waals surface area (Å²) in [5.41, 5.74) is -0.175. The maximum atomic E-state index is 13.1. The molecule has 0 aliphatic carbocycles. The van der Waals surface area contributed by atoms with Gasteiger partial charge in [-0.05, 0) is 43.9 Å². The largest absolute Gasteiger partial charge is 0.418 e. The molecule has 0 bridgehead atoms. The Morgan fingerprint density at radius 1 is 1.15 bits per heavy atom. The van der Waals surface area contributed by atoms with Crippen molar-refractivity contribution >= 4 is 5.69 Å². The number of piperidine rings is 2. The summed E-state index contributed by atoms with van der Waals surface area (Å²) in [5, 5.41) is 3.49. The molecule has 2 aliphatic rings. The molecule has 0 amide bonds. The van der Waals surface area contributed by atoms with Crippen LogP contribution in [0.25, 0.3) is 0 Å². The lowest BCUT2D eigenvalue weighted by molar-refractivity contribution is -0.137. The van der Waals surface area contributed by atoms with E-state index in [1.807, 2.05) is 4.90 Å². The molecule has 0 saturated carbocycles. The fraction of sp³-hybridized carbons (Fsp3) is 0.600. The molecular formula is C15H19F3N2. The first kappa shape index (κ1) is 13.7. The third kappa shape index (κ3) is 2.64. The minimum absolute atomic E-state index is 0.337. The highest BCUT2D eigenvalue weighted by molar-refractivity contribution is 5.55. The van der Waals surface area contributed by atoms with E-state index in [0.717, 1.165) is 32.4 Å². The summed E-state index contributed by atoms with van der Waals surface area (Å²) in [4.78, 5) is 1.91. The zero-order valence-corrected chi connectivity index (χ0v) is 11.3. The lowest BCUT2D eigenvalue weighted by Gasteiger charge is -2.43. The van der Waals surface area contributed by atoms with Crippen LogP contribution in [0.3, 0.4) is 0 Å². The Bertz CT molecular complexity index is 472. The van der Waals surface area contributed by atoms with Gasteiger partial charge in [0.15, 0.2) is 0 Å². The quantitative estimate of drug-likeness (QED) is 0.851. The Labute approximate surface area is 117 Å². The number of rotatable bonds is 1. The molecule has 3 rings (SSSR count). The molecule has 5 heteroatoms. The highest BCUT2D eigenvalue weighted by Gasteiger charge is 2.37. The zero-order chi connectivity index (χ0) is 14.2. The van der Waals surface area contributed by atoms with Gasteiger partial charge in [0.2, 0.25) is 0 Å². The van der Waals surface area contributed by atoms with E-state index in [-0.39, 0.29) is 0 Å². The first-order chi connectivity index (χ1) is 9.55. The first-order valence-electron chi connectivity index (χ1n) is 7.20. The smallest absolute Gasteiger partial charge is 0.371 e. The molecule has 2 nitrogen and oxygen atoms in total. The Morgan fingerprint density at radius 3 is 2.75 bits per heavy atom. The van der Waals surface area contributed by atoms with Gasteiger partial charge in [0.05, 0.1) is 5.56 Å². The molecule has 0 radical (unpaired) electrons. The van der Waals surface area contributed by atoms with Gasteiger partial charge in [-0.25, -0.2) is 0 Å². The van der Waals surface area contributed by atoms with Crippen LogP contribution in [0.2, 0.25) is 0 Å². The summed E-state index contributed by atoms with van der Waals surface area (Å²) in [6, 6.07) is 6.41. The molecule has 2 fully saturated rings. The molecule has 20 heavy (non-hydrogen) atoms. The molecule has 1 N–H and O–H groups in total. The van der Waals surface area contributed by atoms with Gasteiger partial charge in [-0.1, -0.05) is 12.1 Å². The second-order valence-electron chi connectivity index (χ2n) is 5.71. The van der Waals surface area contributed by atoms with E-state index in [1.165, 1.54) is 12.1 Å². The second kappa shape index (κ2) is 5.28. The fourth-order valence-corrected chi connectivity index (χ4v) is 3.45. The number of alkyl halides is 3. The number of para-hydroxylation sites is 1.